The summed E-state index contributed by atoms with van der Waals surface area (Å²) in [6, 6.07) is 68.7. The Morgan fingerprint density at radius 2 is 0.788 bits per heavy atom. The van der Waals surface area contributed by atoms with Crippen molar-refractivity contribution < 1.29 is 0 Å². The van der Waals surface area contributed by atoms with Crippen LogP contribution in [0.3, 0.4) is 0 Å². The van der Waals surface area contributed by atoms with E-state index in [9.17, 15) is 0 Å². The van der Waals surface area contributed by atoms with Crippen LogP contribution in [-0.2, 0) is 0 Å². The molecule has 0 atom stereocenters. The molecule has 0 fully saturated rings. The highest BCUT2D eigenvalue weighted by Gasteiger charge is 2.18. The van der Waals surface area contributed by atoms with Crippen molar-refractivity contribution in [1.29, 1.82) is 0 Å². The van der Waals surface area contributed by atoms with Gasteiger partial charge < -0.3 is 9.13 Å². The molecule has 0 bridgehead atoms. The summed E-state index contributed by atoms with van der Waals surface area (Å²) in [5.74, 6) is 0. The van der Waals surface area contributed by atoms with Crippen LogP contribution < -0.4 is 0 Å². The molecule has 2 aromatic heterocycles. The summed E-state index contributed by atoms with van der Waals surface area (Å²) in [6.07, 6.45) is 2.35. The minimum atomic E-state index is 1.15. The molecule has 0 saturated heterocycles. The van der Waals surface area contributed by atoms with E-state index in [4.69, 9.17) is 0 Å². The average molecular weight is 661 g/mol. The summed E-state index contributed by atoms with van der Waals surface area (Å²) >= 11 is 0. The zero-order chi connectivity index (χ0) is 34.2. The molecule has 242 valence electrons. The van der Waals surface area contributed by atoms with E-state index in [0.717, 1.165) is 11.4 Å². The zero-order valence-electron chi connectivity index (χ0n) is 28.4. The fraction of sp³-hybridized carbons (Fsp3) is 0. The summed E-state index contributed by atoms with van der Waals surface area (Å²) in [7, 11) is 0. The van der Waals surface area contributed by atoms with Crippen molar-refractivity contribution in [1.82, 2.24) is 9.13 Å². The number of rotatable bonds is 4. The third-order valence-corrected chi connectivity index (χ3v) is 10.9. The number of hydrogen-bond acceptors (Lipinski definition) is 0. The Bertz CT molecular complexity index is 3130. The van der Waals surface area contributed by atoms with Crippen molar-refractivity contribution in [2.45, 2.75) is 0 Å². The molecule has 2 nitrogen and oxygen atoms in total. The minimum absolute atomic E-state index is 1.15. The maximum Gasteiger partial charge on any atom is 0.0547 e. The summed E-state index contributed by atoms with van der Waals surface area (Å²) in [6.45, 7) is 0. The van der Waals surface area contributed by atoms with E-state index >= 15 is 0 Å². The van der Waals surface area contributed by atoms with Crippen molar-refractivity contribution in [2.75, 3.05) is 0 Å². The van der Waals surface area contributed by atoms with Crippen molar-refractivity contribution in [3.05, 3.63) is 194 Å². The molecule has 0 unspecified atom stereocenters. The van der Waals surface area contributed by atoms with Crippen LogP contribution in [0.1, 0.15) is 0 Å². The Balaban J connectivity index is 1.19. The highest BCUT2D eigenvalue weighted by atomic mass is 15.0. The van der Waals surface area contributed by atoms with Gasteiger partial charge in [-0.15, -0.1) is 0 Å². The number of hydrogen-bond donors (Lipinski definition) is 0. The van der Waals surface area contributed by atoms with Gasteiger partial charge in [0.15, 0.2) is 0 Å². The monoisotopic (exact) mass is 660 g/mol. The lowest BCUT2D eigenvalue weighted by Gasteiger charge is -2.13. The first-order valence-electron chi connectivity index (χ1n) is 17.9. The quantitative estimate of drug-likeness (QED) is 0.166. The maximum atomic E-state index is 2.40. The van der Waals surface area contributed by atoms with Gasteiger partial charge in [-0.05, 0) is 91.5 Å². The van der Waals surface area contributed by atoms with Crippen molar-refractivity contribution >= 4 is 65.0 Å². The van der Waals surface area contributed by atoms with Gasteiger partial charge in [0.1, 0.15) is 0 Å². The molecular weight excluding hydrogens is 629 g/mol. The number of para-hydroxylation sites is 2. The fourth-order valence-electron chi connectivity index (χ4n) is 8.52. The smallest absolute Gasteiger partial charge is 0.0547 e. The molecule has 11 rings (SSSR count). The first-order valence-corrected chi connectivity index (χ1v) is 17.9. The fourth-order valence-corrected chi connectivity index (χ4v) is 8.52. The molecule has 52 heavy (non-hydrogen) atoms. The van der Waals surface area contributed by atoms with Crippen LogP contribution in [0.15, 0.2) is 194 Å². The van der Waals surface area contributed by atoms with E-state index in [1.54, 1.807) is 0 Å². The topological polar surface area (TPSA) is 9.86 Å². The van der Waals surface area contributed by atoms with Crippen molar-refractivity contribution in [2.24, 2.45) is 0 Å². The normalized spacial score (nSPS) is 11.8. The first-order chi connectivity index (χ1) is 25.8. The molecule has 0 N–H and O–H groups in total. The Hall–Kier alpha value is -6.90. The first kappa shape index (κ1) is 28.9. The lowest BCUT2D eigenvalue weighted by atomic mass is 9.94. The Kier molecular flexibility index (Phi) is 6.28. The largest absolute Gasteiger partial charge is 0.316 e. The second-order valence-electron chi connectivity index (χ2n) is 13.8. The molecule has 0 saturated carbocycles. The van der Waals surface area contributed by atoms with E-state index in [1.165, 1.54) is 87.3 Å². The molecule has 0 aliphatic heterocycles. The lowest BCUT2D eigenvalue weighted by Crippen LogP contribution is -1.93. The van der Waals surface area contributed by atoms with Gasteiger partial charge >= 0.3 is 0 Å². The molecule has 0 radical (unpaired) electrons. The van der Waals surface area contributed by atoms with Crippen LogP contribution in [0.2, 0.25) is 0 Å². The Labute approximate surface area is 301 Å². The molecule has 0 spiro atoms. The standard InChI is InChI=1S/C50H32N2/c1-3-13-33(14-4-1)34-23-26-45-47(35-24-27-44-43-21-11-12-22-48(43)52(50(44)30-35)36-15-5-2-6-16-36)32-51(49(45)29-34)37-25-28-42-40-19-8-7-17-38(40)39-18-9-10-20-41(39)46(42)31-37/h1-32H. The van der Waals surface area contributed by atoms with Gasteiger partial charge in [-0.3, -0.25) is 0 Å². The SMILES string of the molecule is c1ccc(-c2ccc3c(-c4ccc5c6ccccc6n(-c6ccccc6)c5c4)cn(-c4ccc5c6ccccc6c6ccccc6c5c4)c3c2)cc1. The van der Waals surface area contributed by atoms with Crippen molar-refractivity contribution in [3.63, 3.8) is 0 Å². The van der Waals surface area contributed by atoms with Crippen LogP contribution in [0.25, 0.3) is 98.7 Å². The summed E-state index contributed by atoms with van der Waals surface area (Å²) < 4.78 is 4.80. The highest BCUT2D eigenvalue weighted by Crippen LogP contribution is 2.41. The van der Waals surface area contributed by atoms with E-state index in [2.05, 4.69) is 203 Å². The van der Waals surface area contributed by atoms with Gasteiger partial charge in [0.25, 0.3) is 0 Å². The van der Waals surface area contributed by atoms with E-state index in [0.29, 0.717) is 0 Å². The minimum Gasteiger partial charge on any atom is -0.316 e. The molecule has 11 aromatic rings. The van der Waals surface area contributed by atoms with Gasteiger partial charge in [-0.1, -0.05) is 146 Å². The third-order valence-electron chi connectivity index (χ3n) is 10.9. The average Bonchev–Trinajstić information content (AvgIpc) is 3.77. The summed E-state index contributed by atoms with van der Waals surface area (Å²) in [5.41, 5.74) is 10.7. The van der Waals surface area contributed by atoms with E-state index in [1.807, 2.05) is 0 Å². The number of nitrogens with zero attached hydrogens (tertiary/aromatic N) is 2. The second kappa shape index (κ2) is 11.3. The molecule has 0 amide bonds. The van der Waals surface area contributed by atoms with Crippen molar-refractivity contribution in [3.8, 4) is 33.6 Å². The molecule has 2 heterocycles. The van der Waals surface area contributed by atoms with E-state index in [-0.39, 0.29) is 0 Å². The van der Waals surface area contributed by atoms with E-state index < -0.39 is 0 Å². The van der Waals surface area contributed by atoms with Crippen LogP contribution in [0, 0.1) is 0 Å². The van der Waals surface area contributed by atoms with Gasteiger partial charge in [0.05, 0.1) is 16.6 Å². The molecule has 2 heteroatoms. The Morgan fingerprint density at radius 1 is 0.269 bits per heavy atom. The summed E-state index contributed by atoms with van der Waals surface area (Å²) in [4.78, 5) is 0. The lowest BCUT2D eigenvalue weighted by molar-refractivity contribution is 1.13. The molecule has 0 aliphatic rings. The number of fused-ring (bicyclic) bond motifs is 10. The van der Waals surface area contributed by atoms with Gasteiger partial charge in [0, 0.05) is 39.3 Å². The Morgan fingerprint density at radius 3 is 1.52 bits per heavy atom. The van der Waals surface area contributed by atoms with Gasteiger partial charge in [0.2, 0.25) is 0 Å². The van der Waals surface area contributed by atoms with Crippen LogP contribution in [0.4, 0.5) is 0 Å². The third kappa shape index (κ3) is 4.31. The number of aromatic nitrogens is 2. The zero-order valence-corrected chi connectivity index (χ0v) is 28.4. The van der Waals surface area contributed by atoms with Gasteiger partial charge in [-0.25, -0.2) is 0 Å². The molecule has 0 aliphatic carbocycles. The van der Waals surface area contributed by atoms with Crippen LogP contribution in [0.5, 0.6) is 0 Å². The predicted octanol–water partition coefficient (Wildman–Crippen LogP) is 13.5. The molecular formula is C50H32N2. The highest BCUT2D eigenvalue weighted by molar-refractivity contribution is 6.25. The van der Waals surface area contributed by atoms with Crippen LogP contribution >= 0.6 is 0 Å². The van der Waals surface area contributed by atoms with Crippen LogP contribution in [-0.4, -0.2) is 9.13 Å². The number of benzene rings is 9. The second-order valence-corrected chi connectivity index (χ2v) is 13.8. The predicted molar refractivity (Wildman–Crippen MR) is 221 cm³/mol. The molecule has 9 aromatic carbocycles. The summed E-state index contributed by atoms with van der Waals surface area (Å²) in [5, 5.41) is 11.4. The maximum absolute atomic E-state index is 2.40. The van der Waals surface area contributed by atoms with Gasteiger partial charge in [-0.2, -0.15) is 0 Å².